The largest absolute Gasteiger partial charge is 0.378 e. The van der Waals surface area contributed by atoms with Crippen LogP contribution in [0.3, 0.4) is 0 Å². The zero-order chi connectivity index (χ0) is 17.1. The molecule has 0 aromatic heterocycles. The van der Waals surface area contributed by atoms with Crippen LogP contribution in [0, 0.1) is 5.82 Å². The third-order valence-electron chi connectivity index (χ3n) is 5.00. The summed E-state index contributed by atoms with van der Waals surface area (Å²) in [5.74, 6) is -0.972. The summed E-state index contributed by atoms with van der Waals surface area (Å²) < 4.78 is 12.9. The number of nitrogens with zero attached hydrogens (tertiary/aromatic N) is 2. The maximum atomic E-state index is 12.9. The zero-order valence-corrected chi connectivity index (χ0v) is 13.7. The van der Waals surface area contributed by atoms with Crippen LogP contribution >= 0.6 is 0 Å². The quantitative estimate of drug-likeness (QED) is 0.918. The second-order valence-electron chi connectivity index (χ2n) is 6.59. The number of hydrogen-bond donors (Lipinski definition) is 1. The van der Waals surface area contributed by atoms with Crippen LogP contribution in [0.15, 0.2) is 24.3 Å². The monoisotopic (exact) mass is 334 g/mol. The van der Waals surface area contributed by atoms with Gasteiger partial charge in [0.15, 0.2) is 6.10 Å². The summed E-state index contributed by atoms with van der Waals surface area (Å²) in [6.45, 7) is 0.957. The van der Waals surface area contributed by atoms with Crippen molar-refractivity contribution in [2.24, 2.45) is 0 Å². The molecule has 1 aliphatic heterocycles. The summed E-state index contributed by atoms with van der Waals surface area (Å²) in [4.78, 5) is 28.1. The van der Waals surface area contributed by atoms with Crippen LogP contribution < -0.4 is 0 Å². The van der Waals surface area contributed by atoms with Crippen LogP contribution in [-0.4, -0.2) is 52.4 Å². The van der Waals surface area contributed by atoms with Crippen molar-refractivity contribution >= 4 is 11.8 Å². The summed E-state index contributed by atoms with van der Waals surface area (Å²) in [6, 6.07) is 5.48. The molecule has 2 fully saturated rings. The Bertz CT molecular complexity index is 599. The van der Waals surface area contributed by atoms with Gasteiger partial charge >= 0.3 is 0 Å². The molecule has 1 saturated carbocycles. The molecule has 2 aliphatic rings. The Balaban J connectivity index is 1.61. The van der Waals surface area contributed by atoms with Crippen LogP contribution in [0.5, 0.6) is 0 Å². The van der Waals surface area contributed by atoms with Gasteiger partial charge in [0.1, 0.15) is 5.82 Å². The first-order valence-electron chi connectivity index (χ1n) is 8.58. The number of amides is 2. The van der Waals surface area contributed by atoms with Crippen molar-refractivity contribution in [1.82, 2.24) is 9.80 Å². The fraction of sp³-hybridized carbons (Fsp3) is 0.556. The first-order chi connectivity index (χ1) is 11.6. The topological polar surface area (TPSA) is 60.9 Å². The fourth-order valence-corrected chi connectivity index (χ4v) is 3.61. The third-order valence-corrected chi connectivity index (χ3v) is 5.00. The van der Waals surface area contributed by atoms with Crippen LogP contribution in [0.2, 0.25) is 0 Å². The Morgan fingerprint density at radius 1 is 1.12 bits per heavy atom. The summed E-state index contributed by atoms with van der Waals surface area (Å²) in [6.07, 6.45) is 4.25. The van der Waals surface area contributed by atoms with Gasteiger partial charge in [0.25, 0.3) is 5.91 Å². The summed E-state index contributed by atoms with van der Waals surface area (Å²) in [5.41, 5.74) is 0.337. The Morgan fingerprint density at radius 3 is 2.42 bits per heavy atom. The van der Waals surface area contributed by atoms with Crippen molar-refractivity contribution < 1.29 is 19.1 Å². The average Bonchev–Trinajstić information content (AvgIpc) is 2.62. The van der Waals surface area contributed by atoms with Gasteiger partial charge in [-0.2, -0.15) is 0 Å². The molecule has 0 radical (unpaired) electrons. The highest BCUT2D eigenvalue weighted by atomic mass is 19.1. The average molecular weight is 334 g/mol. The summed E-state index contributed by atoms with van der Waals surface area (Å²) >= 11 is 0. The number of hydrogen-bond acceptors (Lipinski definition) is 3. The molecule has 0 bridgehead atoms. The lowest BCUT2D eigenvalue weighted by Crippen LogP contribution is -2.56. The fourth-order valence-electron chi connectivity index (χ4n) is 3.61. The van der Waals surface area contributed by atoms with Gasteiger partial charge in [0.2, 0.25) is 5.91 Å². The van der Waals surface area contributed by atoms with Gasteiger partial charge in [-0.25, -0.2) is 4.39 Å². The lowest BCUT2D eigenvalue weighted by molar-refractivity contribution is -0.152. The lowest BCUT2D eigenvalue weighted by atomic mass is 9.93. The van der Waals surface area contributed by atoms with Gasteiger partial charge < -0.3 is 14.9 Å². The highest BCUT2D eigenvalue weighted by Crippen LogP contribution is 2.25. The van der Waals surface area contributed by atoms with E-state index in [0.29, 0.717) is 24.7 Å². The van der Waals surface area contributed by atoms with Crippen molar-refractivity contribution in [3.05, 3.63) is 35.6 Å². The van der Waals surface area contributed by atoms with Gasteiger partial charge in [-0.1, -0.05) is 31.4 Å². The number of aliphatic hydroxyl groups is 1. The van der Waals surface area contributed by atoms with E-state index in [2.05, 4.69) is 0 Å². The van der Waals surface area contributed by atoms with E-state index >= 15 is 0 Å². The molecule has 1 unspecified atom stereocenters. The minimum Gasteiger partial charge on any atom is -0.378 e. The van der Waals surface area contributed by atoms with Crippen LogP contribution in [0.4, 0.5) is 4.39 Å². The number of carbonyl (C=O) groups is 2. The molecule has 1 aromatic rings. The maximum Gasteiger partial charge on any atom is 0.256 e. The molecular weight excluding hydrogens is 311 g/mol. The molecule has 1 aliphatic carbocycles. The van der Waals surface area contributed by atoms with E-state index in [1.165, 1.54) is 35.6 Å². The molecule has 1 heterocycles. The molecule has 3 rings (SSSR count). The number of benzene rings is 1. The van der Waals surface area contributed by atoms with Gasteiger partial charge in [-0.05, 0) is 30.5 Å². The summed E-state index contributed by atoms with van der Waals surface area (Å²) in [7, 11) is 0. The van der Waals surface area contributed by atoms with Crippen molar-refractivity contribution in [3.63, 3.8) is 0 Å². The second-order valence-corrected chi connectivity index (χ2v) is 6.59. The molecule has 24 heavy (non-hydrogen) atoms. The van der Waals surface area contributed by atoms with Gasteiger partial charge in [-0.15, -0.1) is 0 Å². The predicted octanol–water partition coefficient (Wildman–Crippen LogP) is 1.86. The minimum atomic E-state index is -1.36. The Hall–Kier alpha value is -1.95. The molecule has 1 saturated heterocycles. The van der Waals surface area contributed by atoms with Gasteiger partial charge in [0.05, 0.1) is 6.54 Å². The number of rotatable bonds is 3. The molecule has 2 amide bonds. The van der Waals surface area contributed by atoms with Gasteiger partial charge in [-0.3, -0.25) is 9.59 Å². The SMILES string of the molecule is O=C(C(O)c1ccc(F)cc1)N1CCN(C2CCCCC2)C(=O)C1. The predicted molar refractivity (Wildman–Crippen MR) is 86.5 cm³/mol. The van der Waals surface area contributed by atoms with Crippen LogP contribution in [0.25, 0.3) is 0 Å². The second kappa shape index (κ2) is 7.30. The zero-order valence-electron chi connectivity index (χ0n) is 13.7. The molecule has 1 aromatic carbocycles. The van der Waals surface area contributed by atoms with E-state index in [0.717, 1.165) is 25.7 Å². The molecule has 1 N–H and O–H groups in total. The maximum absolute atomic E-state index is 12.9. The highest BCUT2D eigenvalue weighted by Gasteiger charge is 2.34. The Morgan fingerprint density at radius 2 is 1.79 bits per heavy atom. The molecule has 6 heteroatoms. The van der Waals surface area contributed by atoms with Crippen molar-refractivity contribution in [2.75, 3.05) is 19.6 Å². The molecule has 0 spiro atoms. The van der Waals surface area contributed by atoms with Crippen LogP contribution in [-0.2, 0) is 9.59 Å². The number of piperazine rings is 1. The molecule has 5 nitrogen and oxygen atoms in total. The highest BCUT2D eigenvalue weighted by molar-refractivity contribution is 5.88. The Labute approximate surface area is 141 Å². The van der Waals surface area contributed by atoms with E-state index < -0.39 is 17.8 Å². The molecule has 1 atom stereocenters. The third kappa shape index (κ3) is 3.59. The molecule has 130 valence electrons. The number of aliphatic hydroxyl groups excluding tert-OH is 1. The van der Waals surface area contributed by atoms with E-state index in [9.17, 15) is 19.1 Å². The first kappa shape index (κ1) is 16.9. The normalized spacial score (nSPS) is 21.0. The smallest absolute Gasteiger partial charge is 0.256 e. The lowest BCUT2D eigenvalue weighted by Gasteiger charge is -2.41. The summed E-state index contributed by atoms with van der Waals surface area (Å²) in [5, 5.41) is 10.2. The Kier molecular flexibility index (Phi) is 5.14. The minimum absolute atomic E-state index is 0.00753. The van der Waals surface area contributed by atoms with E-state index in [-0.39, 0.29) is 12.5 Å². The van der Waals surface area contributed by atoms with Crippen molar-refractivity contribution in [1.29, 1.82) is 0 Å². The van der Waals surface area contributed by atoms with Crippen LogP contribution in [0.1, 0.15) is 43.8 Å². The number of carbonyl (C=O) groups excluding carboxylic acids is 2. The first-order valence-corrected chi connectivity index (χ1v) is 8.58. The van der Waals surface area contributed by atoms with Crippen molar-refractivity contribution in [2.45, 2.75) is 44.2 Å². The standard InChI is InChI=1S/C18H23FN2O3/c19-14-8-6-13(7-9-14)17(23)18(24)20-10-11-21(16(22)12-20)15-4-2-1-3-5-15/h6-9,15,17,23H,1-5,10-12H2. The van der Waals surface area contributed by atoms with Crippen molar-refractivity contribution in [3.8, 4) is 0 Å². The van der Waals surface area contributed by atoms with Gasteiger partial charge in [0, 0.05) is 19.1 Å². The van der Waals surface area contributed by atoms with E-state index in [1.54, 1.807) is 0 Å². The number of halogens is 1. The molecular formula is C18H23FN2O3. The van der Waals surface area contributed by atoms with E-state index in [1.807, 2.05) is 4.90 Å². The van der Waals surface area contributed by atoms with E-state index in [4.69, 9.17) is 0 Å².